The Kier molecular flexibility index (Phi) is 4.77. The van der Waals surface area contributed by atoms with Crippen LogP contribution >= 0.6 is 0 Å². The topological polar surface area (TPSA) is 63.2 Å². The van der Waals surface area contributed by atoms with E-state index in [0.717, 1.165) is 17.7 Å². The van der Waals surface area contributed by atoms with Gasteiger partial charge in [-0.25, -0.2) is 14.2 Å². The Hall–Kier alpha value is -2.41. The molecule has 0 atom stereocenters. The number of benzene rings is 1. The Morgan fingerprint density at radius 1 is 1.32 bits per heavy atom. The summed E-state index contributed by atoms with van der Waals surface area (Å²) in [4.78, 5) is 0. The van der Waals surface area contributed by atoms with Crippen molar-refractivity contribution in [2.24, 2.45) is 0 Å². The smallest absolute Gasteiger partial charge is 0.160 e. The van der Waals surface area contributed by atoms with E-state index < -0.39 is 11.6 Å². The maximum absolute atomic E-state index is 13.3. The van der Waals surface area contributed by atoms with E-state index in [0.29, 0.717) is 29.3 Å². The molecular formula is C15H19F2N5. The highest BCUT2D eigenvalue weighted by Crippen LogP contribution is 2.17. The lowest BCUT2D eigenvalue weighted by Crippen LogP contribution is -2.25. The number of nitrogens with one attached hydrogen (secondary N) is 4. The van der Waals surface area contributed by atoms with Crippen LogP contribution in [0.15, 0.2) is 41.4 Å². The predicted molar refractivity (Wildman–Crippen MR) is 83.3 cm³/mol. The van der Waals surface area contributed by atoms with Crippen molar-refractivity contribution < 1.29 is 8.78 Å². The number of halogens is 2. The van der Waals surface area contributed by atoms with Crippen molar-refractivity contribution in [2.45, 2.75) is 6.92 Å². The molecule has 0 saturated heterocycles. The monoisotopic (exact) mass is 307 g/mol. The minimum Gasteiger partial charge on any atom is -0.374 e. The van der Waals surface area contributed by atoms with Crippen LogP contribution in [0.3, 0.4) is 0 Å². The summed E-state index contributed by atoms with van der Waals surface area (Å²) in [7, 11) is 3.56. The van der Waals surface area contributed by atoms with Gasteiger partial charge in [0.2, 0.25) is 0 Å². The van der Waals surface area contributed by atoms with Crippen LogP contribution in [0.1, 0.15) is 6.92 Å². The zero-order chi connectivity index (χ0) is 16.3. The van der Waals surface area contributed by atoms with Crippen LogP contribution in [0, 0.1) is 17.0 Å². The zero-order valence-electron chi connectivity index (χ0n) is 12.7. The van der Waals surface area contributed by atoms with Gasteiger partial charge in [-0.05, 0) is 19.1 Å². The molecule has 0 amide bonds. The molecule has 7 heteroatoms. The van der Waals surface area contributed by atoms with Crippen LogP contribution in [0.5, 0.6) is 0 Å². The number of hydrogen-bond donors (Lipinski definition) is 4. The van der Waals surface area contributed by atoms with Gasteiger partial charge in [0.1, 0.15) is 5.82 Å². The third-order valence-electron chi connectivity index (χ3n) is 3.38. The fourth-order valence-electron chi connectivity index (χ4n) is 2.12. The third-order valence-corrected chi connectivity index (χ3v) is 3.38. The zero-order valence-corrected chi connectivity index (χ0v) is 12.7. The number of rotatable bonds is 5. The van der Waals surface area contributed by atoms with Crippen molar-refractivity contribution in [3.63, 3.8) is 0 Å². The van der Waals surface area contributed by atoms with E-state index in [1.807, 2.05) is 13.2 Å². The highest BCUT2D eigenvalue weighted by Gasteiger charge is 2.16. The van der Waals surface area contributed by atoms with E-state index in [1.54, 1.807) is 19.0 Å². The maximum Gasteiger partial charge on any atom is 0.160 e. The minimum atomic E-state index is -0.919. The first-order valence-electron chi connectivity index (χ1n) is 6.79. The first-order valence-corrected chi connectivity index (χ1v) is 6.79. The SMILES string of the molecule is CN/C(Nc1ccc(F)c(F)c1)=C(\C)C(=N)C1=CN(C)NC1. The van der Waals surface area contributed by atoms with Gasteiger partial charge in [0, 0.05) is 49.7 Å². The van der Waals surface area contributed by atoms with Crippen molar-refractivity contribution in [1.29, 1.82) is 5.41 Å². The van der Waals surface area contributed by atoms with Gasteiger partial charge in [0.25, 0.3) is 0 Å². The quantitative estimate of drug-likeness (QED) is 0.630. The number of anilines is 1. The standard InChI is InChI=1S/C15H19F2N5/c1-9(14(18)10-7-20-22(3)8-10)15(19-2)21-11-4-5-12(16)13(17)6-11/h4-6,8,18-21H,7H2,1-3H3/b15-9-,18-14?. The highest BCUT2D eigenvalue weighted by atomic mass is 19.2. The number of hydrazine groups is 1. The molecule has 5 nitrogen and oxygen atoms in total. The van der Waals surface area contributed by atoms with E-state index in [-0.39, 0.29) is 0 Å². The molecule has 1 aromatic rings. The van der Waals surface area contributed by atoms with Gasteiger partial charge < -0.3 is 21.1 Å². The molecule has 4 N–H and O–H groups in total. The van der Waals surface area contributed by atoms with Crippen molar-refractivity contribution in [3.8, 4) is 0 Å². The third kappa shape index (κ3) is 3.43. The van der Waals surface area contributed by atoms with Gasteiger partial charge >= 0.3 is 0 Å². The summed E-state index contributed by atoms with van der Waals surface area (Å²) in [5.74, 6) is -1.25. The fraction of sp³-hybridized carbons (Fsp3) is 0.267. The summed E-state index contributed by atoms with van der Waals surface area (Å²) in [6, 6.07) is 3.58. The molecule has 1 aliphatic heterocycles. The van der Waals surface area contributed by atoms with Gasteiger partial charge in [-0.1, -0.05) is 0 Å². The lowest BCUT2D eigenvalue weighted by atomic mass is 10.1. The summed E-state index contributed by atoms with van der Waals surface area (Å²) in [6.45, 7) is 2.37. The Balaban J connectivity index is 2.23. The van der Waals surface area contributed by atoms with Crippen LogP contribution in [0.4, 0.5) is 14.5 Å². The molecule has 118 valence electrons. The van der Waals surface area contributed by atoms with Crippen molar-refractivity contribution >= 4 is 11.4 Å². The molecule has 1 aromatic carbocycles. The maximum atomic E-state index is 13.3. The average Bonchev–Trinajstić information content (AvgIpc) is 2.93. The molecular weight excluding hydrogens is 288 g/mol. The normalized spacial score (nSPS) is 15.3. The Labute approximate surface area is 128 Å². The summed E-state index contributed by atoms with van der Waals surface area (Å²) < 4.78 is 26.2. The van der Waals surface area contributed by atoms with Gasteiger partial charge in [0.15, 0.2) is 11.6 Å². The molecule has 1 aliphatic rings. The van der Waals surface area contributed by atoms with E-state index in [1.165, 1.54) is 6.07 Å². The largest absolute Gasteiger partial charge is 0.374 e. The molecule has 0 spiro atoms. The van der Waals surface area contributed by atoms with Crippen molar-refractivity contribution in [2.75, 3.05) is 26.0 Å². The molecule has 0 radical (unpaired) electrons. The van der Waals surface area contributed by atoms with Crippen LogP contribution in [-0.4, -0.2) is 31.4 Å². The molecule has 0 fully saturated rings. The van der Waals surface area contributed by atoms with Gasteiger partial charge in [-0.3, -0.25) is 0 Å². The van der Waals surface area contributed by atoms with Gasteiger partial charge in [0.05, 0.1) is 5.71 Å². The van der Waals surface area contributed by atoms with E-state index >= 15 is 0 Å². The van der Waals surface area contributed by atoms with Crippen LogP contribution in [-0.2, 0) is 0 Å². The second-order valence-electron chi connectivity index (χ2n) is 4.98. The first kappa shape index (κ1) is 16.0. The van der Waals surface area contributed by atoms with Crippen molar-refractivity contribution in [1.82, 2.24) is 15.8 Å². The van der Waals surface area contributed by atoms with Crippen molar-refractivity contribution in [3.05, 3.63) is 53.0 Å². The number of allylic oxidation sites excluding steroid dienone is 1. The molecule has 0 unspecified atom stereocenters. The molecule has 0 aromatic heterocycles. The Morgan fingerprint density at radius 2 is 2.05 bits per heavy atom. The van der Waals surface area contributed by atoms with E-state index in [2.05, 4.69) is 16.1 Å². The lowest BCUT2D eigenvalue weighted by molar-refractivity contribution is 0.374. The van der Waals surface area contributed by atoms with Crippen LogP contribution < -0.4 is 16.1 Å². The lowest BCUT2D eigenvalue weighted by Gasteiger charge is -2.15. The minimum absolute atomic E-state index is 0.372. The van der Waals surface area contributed by atoms with Crippen LogP contribution in [0.25, 0.3) is 0 Å². The molecule has 0 aliphatic carbocycles. The summed E-state index contributed by atoms with van der Waals surface area (Å²) in [5, 5.41) is 16.0. The summed E-state index contributed by atoms with van der Waals surface area (Å²) >= 11 is 0. The van der Waals surface area contributed by atoms with E-state index in [9.17, 15) is 8.78 Å². The molecule has 1 heterocycles. The van der Waals surface area contributed by atoms with Crippen LogP contribution in [0.2, 0.25) is 0 Å². The molecule has 0 saturated carbocycles. The van der Waals surface area contributed by atoms with Gasteiger partial charge in [-0.15, -0.1) is 0 Å². The first-order chi connectivity index (χ1) is 10.4. The predicted octanol–water partition coefficient (Wildman–Crippen LogP) is 2.18. The second-order valence-corrected chi connectivity index (χ2v) is 4.98. The second kappa shape index (κ2) is 6.57. The number of hydrogen-bond acceptors (Lipinski definition) is 5. The Bertz CT molecular complexity index is 651. The molecule has 0 bridgehead atoms. The fourth-order valence-corrected chi connectivity index (χ4v) is 2.12. The Morgan fingerprint density at radius 3 is 2.59 bits per heavy atom. The summed E-state index contributed by atoms with van der Waals surface area (Å²) in [5.41, 5.74) is 5.37. The highest BCUT2D eigenvalue weighted by molar-refractivity contribution is 6.11. The average molecular weight is 307 g/mol. The molecule has 22 heavy (non-hydrogen) atoms. The number of nitrogens with zero attached hydrogens (tertiary/aromatic N) is 1. The molecule has 2 rings (SSSR count). The van der Waals surface area contributed by atoms with E-state index in [4.69, 9.17) is 5.41 Å². The van der Waals surface area contributed by atoms with Gasteiger partial charge in [-0.2, -0.15) is 0 Å². The summed E-state index contributed by atoms with van der Waals surface area (Å²) in [6.07, 6.45) is 1.84.